The molecule has 3 aromatic rings. The fraction of sp³-hybridized carbons (Fsp3) is 0.346. The Morgan fingerprint density at radius 3 is 2.38 bits per heavy atom. The Morgan fingerprint density at radius 2 is 1.62 bits per heavy atom. The molecule has 6 heteroatoms. The molecule has 0 unspecified atom stereocenters. The van der Waals surface area contributed by atoms with Gasteiger partial charge in [-0.25, -0.2) is 8.42 Å². The standard InChI is InChI=1S/C26H28N2O3S/c29-25(27-17-14-21(15-18-27)19-20-7-2-1-3-8-20)13-6-16-28-23-11-4-9-22-10-5-12-24(26(22)23)32(28,30)31/h1-5,7-12,21H,6,13-19H2. The molecule has 0 atom stereocenters. The first-order valence-electron chi connectivity index (χ1n) is 11.4. The van der Waals surface area contributed by atoms with E-state index in [1.165, 1.54) is 9.87 Å². The molecule has 32 heavy (non-hydrogen) atoms. The van der Waals surface area contributed by atoms with Gasteiger partial charge in [-0.1, -0.05) is 54.6 Å². The van der Waals surface area contributed by atoms with E-state index in [1.807, 2.05) is 35.2 Å². The second-order valence-electron chi connectivity index (χ2n) is 8.83. The number of anilines is 1. The van der Waals surface area contributed by atoms with Gasteiger partial charge in [-0.3, -0.25) is 9.10 Å². The van der Waals surface area contributed by atoms with Crippen molar-refractivity contribution >= 4 is 32.4 Å². The third kappa shape index (κ3) is 3.88. The van der Waals surface area contributed by atoms with E-state index in [0.29, 0.717) is 30.2 Å². The Kier molecular flexibility index (Phi) is 5.64. The normalized spacial score (nSPS) is 17.8. The van der Waals surface area contributed by atoms with Crippen LogP contribution in [0.3, 0.4) is 0 Å². The summed E-state index contributed by atoms with van der Waals surface area (Å²) in [5.41, 5.74) is 2.09. The summed E-state index contributed by atoms with van der Waals surface area (Å²) >= 11 is 0. The first-order valence-corrected chi connectivity index (χ1v) is 12.8. The van der Waals surface area contributed by atoms with E-state index in [-0.39, 0.29) is 5.91 Å². The molecule has 5 rings (SSSR count). The highest BCUT2D eigenvalue weighted by molar-refractivity contribution is 7.93. The van der Waals surface area contributed by atoms with Gasteiger partial charge in [0, 0.05) is 31.4 Å². The number of amides is 1. The van der Waals surface area contributed by atoms with Gasteiger partial charge in [-0.15, -0.1) is 0 Å². The number of rotatable bonds is 6. The van der Waals surface area contributed by atoms with E-state index in [4.69, 9.17) is 0 Å². The number of carbonyl (C=O) groups excluding carboxylic acids is 1. The van der Waals surface area contributed by atoms with Gasteiger partial charge in [-0.05, 0) is 54.7 Å². The van der Waals surface area contributed by atoms with Crippen LogP contribution in [0.5, 0.6) is 0 Å². The lowest BCUT2D eigenvalue weighted by Crippen LogP contribution is -2.39. The average Bonchev–Trinajstić information content (AvgIpc) is 3.03. The summed E-state index contributed by atoms with van der Waals surface area (Å²) in [5.74, 6) is 0.755. The molecule has 1 amide bonds. The number of likely N-dealkylation sites (tertiary alicyclic amines) is 1. The van der Waals surface area contributed by atoms with Crippen molar-refractivity contribution in [1.82, 2.24) is 4.90 Å². The predicted molar refractivity (Wildman–Crippen MR) is 127 cm³/mol. The molecule has 1 fully saturated rings. The first-order chi connectivity index (χ1) is 15.5. The second-order valence-corrected chi connectivity index (χ2v) is 10.7. The number of hydrogen-bond donors (Lipinski definition) is 0. The molecule has 166 valence electrons. The van der Waals surface area contributed by atoms with Crippen molar-refractivity contribution in [2.75, 3.05) is 23.9 Å². The molecule has 2 heterocycles. The maximum absolute atomic E-state index is 13.1. The van der Waals surface area contributed by atoms with Crippen molar-refractivity contribution in [3.05, 3.63) is 72.3 Å². The fourth-order valence-corrected chi connectivity index (χ4v) is 6.81. The van der Waals surface area contributed by atoms with Gasteiger partial charge >= 0.3 is 0 Å². The fourth-order valence-electron chi connectivity index (χ4n) is 5.06. The topological polar surface area (TPSA) is 57.7 Å². The van der Waals surface area contributed by atoms with E-state index in [2.05, 4.69) is 24.3 Å². The van der Waals surface area contributed by atoms with Crippen LogP contribution in [0.25, 0.3) is 10.8 Å². The molecule has 0 aromatic heterocycles. The van der Waals surface area contributed by atoms with Crippen LogP contribution >= 0.6 is 0 Å². The number of carbonyl (C=O) groups is 1. The van der Waals surface area contributed by atoms with Gasteiger partial charge in [0.2, 0.25) is 5.91 Å². The van der Waals surface area contributed by atoms with Crippen LogP contribution in [0.1, 0.15) is 31.2 Å². The number of benzene rings is 3. The average molecular weight is 449 g/mol. The van der Waals surface area contributed by atoms with Crippen LogP contribution < -0.4 is 4.31 Å². The molecule has 0 aliphatic carbocycles. The van der Waals surface area contributed by atoms with Crippen LogP contribution in [-0.4, -0.2) is 38.9 Å². The van der Waals surface area contributed by atoms with Crippen molar-refractivity contribution in [1.29, 1.82) is 0 Å². The molecule has 0 saturated carbocycles. The van der Waals surface area contributed by atoms with Gasteiger partial charge in [0.25, 0.3) is 10.0 Å². The molecular weight excluding hydrogens is 420 g/mol. The second kappa shape index (κ2) is 8.58. The summed E-state index contributed by atoms with van der Waals surface area (Å²) in [6.07, 6.45) is 4.02. The zero-order chi connectivity index (χ0) is 22.1. The summed E-state index contributed by atoms with van der Waals surface area (Å²) in [6, 6.07) is 21.6. The minimum absolute atomic E-state index is 0.135. The Bertz CT molecular complexity index is 1230. The molecule has 2 aliphatic rings. The molecule has 0 N–H and O–H groups in total. The quantitative estimate of drug-likeness (QED) is 0.553. The number of piperidine rings is 1. The van der Waals surface area contributed by atoms with E-state index in [0.717, 1.165) is 48.8 Å². The van der Waals surface area contributed by atoms with Crippen LogP contribution in [0.4, 0.5) is 5.69 Å². The lowest BCUT2D eigenvalue weighted by molar-refractivity contribution is -0.132. The van der Waals surface area contributed by atoms with Gasteiger partial charge in [-0.2, -0.15) is 0 Å². The summed E-state index contributed by atoms with van der Waals surface area (Å²) < 4.78 is 27.6. The molecule has 0 radical (unpaired) electrons. The smallest absolute Gasteiger partial charge is 0.265 e. The minimum Gasteiger partial charge on any atom is -0.343 e. The SMILES string of the molecule is O=C(CCCN1c2cccc3cccc(c23)S1(=O)=O)N1CCC(Cc2ccccc2)CC1. The Hall–Kier alpha value is -2.86. The van der Waals surface area contributed by atoms with Crippen LogP contribution in [-0.2, 0) is 21.2 Å². The third-order valence-electron chi connectivity index (χ3n) is 6.77. The third-order valence-corrected chi connectivity index (χ3v) is 8.62. The van der Waals surface area contributed by atoms with E-state index >= 15 is 0 Å². The highest BCUT2D eigenvalue weighted by atomic mass is 32.2. The number of sulfonamides is 1. The van der Waals surface area contributed by atoms with E-state index in [9.17, 15) is 13.2 Å². The molecule has 0 bridgehead atoms. The minimum atomic E-state index is -3.55. The van der Waals surface area contributed by atoms with Crippen LogP contribution in [0, 0.1) is 5.92 Å². The van der Waals surface area contributed by atoms with Crippen molar-refractivity contribution in [3.8, 4) is 0 Å². The van der Waals surface area contributed by atoms with Crippen molar-refractivity contribution in [2.45, 2.75) is 37.0 Å². The molecule has 1 saturated heterocycles. The maximum Gasteiger partial charge on any atom is 0.265 e. The lowest BCUT2D eigenvalue weighted by atomic mass is 9.90. The predicted octanol–water partition coefficient (Wildman–Crippen LogP) is 4.61. The molecule has 5 nitrogen and oxygen atoms in total. The zero-order valence-electron chi connectivity index (χ0n) is 18.1. The lowest BCUT2D eigenvalue weighted by Gasteiger charge is -2.32. The van der Waals surface area contributed by atoms with Crippen molar-refractivity contribution < 1.29 is 13.2 Å². The van der Waals surface area contributed by atoms with E-state index in [1.54, 1.807) is 12.1 Å². The van der Waals surface area contributed by atoms with Gasteiger partial charge in [0.1, 0.15) is 0 Å². The summed E-state index contributed by atoms with van der Waals surface area (Å²) in [7, 11) is -3.55. The molecule has 0 spiro atoms. The molecule has 2 aliphatic heterocycles. The van der Waals surface area contributed by atoms with Crippen LogP contribution in [0.2, 0.25) is 0 Å². The number of nitrogens with zero attached hydrogens (tertiary/aromatic N) is 2. The maximum atomic E-state index is 13.1. The van der Waals surface area contributed by atoms with Crippen LogP contribution in [0.15, 0.2) is 71.6 Å². The van der Waals surface area contributed by atoms with Crippen molar-refractivity contribution in [2.24, 2.45) is 5.92 Å². The Morgan fingerprint density at radius 1 is 0.906 bits per heavy atom. The van der Waals surface area contributed by atoms with Gasteiger partial charge < -0.3 is 4.90 Å². The molecular formula is C26H28N2O3S. The first kappa shape index (κ1) is 21.0. The van der Waals surface area contributed by atoms with E-state index < -0.39 is 10.0 Å². The van der Waals surface area contributed by atoms with Gasteiger partial charge in [0.15, 0.2) is 0 Å². The summed E-state index contributed by atoms with van der Waals surface area (Å²) in [5, 5.41) is 1.72. The largest absolute Gasteiger partial charge is 0.343 e. The Balaban J connectivity index is 1.16. The molecule has 3 aromatic carbocycles. The Labute approximate surface area is 189 Å². The zero-order valence-corrected chi connectivity index (χ0v) is 18.9. The summed E-state index contributed by atoms with van der Waals surface area (Å²) in [6.45, 7) is 1.92. The monoisotopic (exact) mass is 448 g/mol. The highest BCUT2D eigenvalue weighted by Crippen LogP contribution is 2.42. The summed E-state index contributed by atoms with van der Waals surface area (Å²) in [4.78, 5) is 15.1. The highest BCUT2D eigenvalue weighted by Gasteiger charge is 2.35. The number of hydrogen-bond acceptors (Lipinski definition) is 3. The van der Waals surface area contributed by atoms with Crippen molar-refractivity contribution in [3.63, 3.8) is 0 Å². The van der Waals surface area contributed by atoms with Gasteiger partial charge in [0.05, 0.1) is 10.6 Å².